The van der Waals surface area contributed by atoms with Gasteiger partial charge in [-0.25, -0.2) is 0 Å². The molecular weight excluding hydrogens is 192 g/mol. The molecule has 0 aromatic heterocycles. The fraction of sp³-hybridized carbons (Fsp3) is 0.917. The van der Waals surface area contributed by atoms with E-state index >= 15 is 0 Å². The van der Waals surface area contributed by atoms with Crippen LogP contribution in [0.3, 0.4) is 0 Å². The zero-order valence-corrected chi connectivity index (χ0v) is 8.26. The number of rotatable bonds is 0. The van der Waals surface area contributed by atoms with Crippen molar-refractivity contribution in [3.63, 3.8) is 0 Å². The Hall–Kier alpha value is -0.410. The highest BCUT2D eigenvalue weighted by Crippen LogP contribution is 2.90. The molecule has 3 nitrogen and oxygen atoms in total. The maximum Gasteiger partial charge on any atom is 0.175 e. The molecule has 3 heteroatoms. The van der Waals surface area contributed by atoms with Gasteiger partial charge in [0, 0.05) is 23.7 Å². The van der Waals surface area contributed by atoms with E-state index in [1.54, 1.807) is 0 Å². The van der Waals surface area contributed by atoms with E-state index in [1.807, 2.05) is 0 Å². The van der Waals surface area contributed by atoms with Gasteiger partial charge in [-0.15, -0.1) is 0 Å². The van der Waals surface area contributed by atoms with E-state index in [1.165, 1.54) is 0 Å². The van der Waals surface area contributed by atoms with Crippen LogP contribution >= 0.6 is 0 Å². The average molecular weight is 204 g/mol. The first-order valence-electron chi connectivity index (χ1n) is 6.18. The van der Waals surface area contributed by atoms with Gasteiger partial charge in [-0.05, 0) is 23.7 Å². The van der Waals surface area contributed by atoms with Gasteiger partial charge in [-0.2, -0.15) is 0 Å². The van der Waals surface area contributed by atoms with Crippen molar-refractivity contribution in [1.82, 2.24) is 0 Å². The molecular formula is C12H12O3. The molecule has 78 valence electrons. The van der Waals surface area contributed by atoms with Crippen molar-refractivity contribution in [3.8, 4) is 0 Å². The lowest BCUT2D eigenvalue weighted by Gasteiger charge is -2.61. The third kappa shape index (κ3) is 0.388. The molecule has 15 heavy (non-hydrogen) atoms. The highest BCUT2D eigenvalue weighted by atomic mass is 16.7. The number of Topliss-reactive ketones (excluding diaryl/α,β-unsaturated/α-hetero) is 1. The van der Waals surface area contributed by atoms with Crippen LogP contribution in [-0.4, -0.2) is 24.8 Å². The van der Waals surface area contributed by atoms with Gasteiger partial charge in [0.15, 0.2) is 5.79 Å². The summed E-state index contributed by atoms with van der Waals surface area (Å²) in [6.07, 6.45) is 0. The summed E-state index contributed by atoms with van der Waals surface area (Å²) in [5.74, 6) is 5.07. The van der Waals surface area contributed by atoms with Gasteiger partial charge >= 0.3 is 0 Å². The Balaban J connectivity index is 1.66. The Morgan fingerprint density at radius 2 is 1.67 bits per heavy atom. The predicted octanol–water partition coefficient (Wildman–Crippen LogP) is 0.296. The molecule has 7 rings (SSSR count). The third-order valence-corrected chi connectivity index (χ3v) is 6.53. The van der Waals surface area contributed by atoms with E-state index in [4.69, 9.17) is 9.47 Å². The summed E-state index contributed by atoms with van der Waals surface area (Å²) in [5, 5.41) is 0. The minimum Gasteiger partial charge on any atom is -0.347 e. The summed E-state index contributed by atoms with van der Waals surface area (Å²) in [4.78, 5) is 12.1. The number of hydrogen-bond acceptors (Lipinski definition) is 3. The van der Waals surface area contributed by atoms with Crippen LogP contribution in [0.4, 0.5) is 0 Å². The predicted molar refractivity (Wildman–Crippen MR) is 47.6 cm³/mol. The zero-order chi connectivity index (χ0) is 9.52. The summed E-state index contributed by atoms with van der Waals surface area (Å²) in [6.45, 7) is 1.49. The summed E-state index contributed by atoms with van der Waals surface area (Å²) in [7, 11) is 0. The normalized spacial score (nSPS) is 72.9. The molecule has 0 aromatic carbocycles. The summed E-state index contributed by atoms with van der Waals surface area (Å²) < 4.78 is 11.9. The molecule has 1 spiro atoms. The van der Waals surface area contributed by atoms with Crippen molar-refractivity contribution < 1.29 is 14.3 Å². The van der Waals surface area contributed by atoms with E-state index in [-0.39, 0.29) is 5.79 Å². The van der Waals surface area contributed by atoms with Gasteiger partial charge < -0.3 is 9.47 Å². The molecule has 1 saturated heterocycles. The van der Waals surface area contributed by atoms with E-state index < -0.39 is 0 Å². The van der Waals surface area contributed by atoms with E-state index in [0.717, 1.165) is 25.0 Å². The van der Waals surface area contributed by atoms with Crippen molar-refractivity contribution in [3.05, 3.63) is 0 Å². The summed E-state index contributed by atoms with van der Waals surface area (Å²) in [5.41, 5.74) is 0. The molecule has 6 aliphatic carbocycles. The number of hydrogen-bond donors (Lipinski definition) is 0. The summed E-state index contributed by atoms with van der Waals surface area (Å²) in [6, 6.07) is 0. The van der Waals surface area contributed by atoms with E-state index in [0.29, 0.717) is 41.3 Å². The Morgan fingerprint density at radius 1 is 0.933 bits per heavy atom. The second-order valence-electron chi connectivity index (χ2n) is 6.23. The smallest absolute Gasteiger partial charge is 0.175 e. The van der Waals surface area contributed by atoms with Crippen molar-refractivity contribution in [2.45, 2.75) is 5.79 Å². The maximum atomic E-state index is 12.1. The lowest BCUT2D eigenvalue weighted by molar-refractivity contribution is -0.225. The minimum absolute atomic E-state index is 0.276. The molecule has 7 fully saturated rings. The zero-order valence-electron chi connectivity index (χ0n) is 8.26. The van der Waals surface area contributed by atoms with Crippen LogP contribution in [-0.2, 0) is 14.3 Å². The van der Waals surface area contributed by atoms with Crippen LogP contribution in [0, 0.1) is 47.3 Å². The number of ether oxygens (including phenoxy) is 2. The number of ketones is 1. The maximum absolute atomic E-state index is 12.1. The largest absolute Gasteiger partial charge is 0.347 e. The first-order valence-corrected chi connectivity index (χ1v) is 6.18. The Morgan fingerprint density at radius 3 is 2.33 bits per heavy atom. The van der Waals surface area contributed by atoms with Crippen molar-refractivity contribution >= 4 is 5.78 Å². The van der Waals surface area contributed by atoms with Gasteiger partial charge in [0.05, 0.1) is 13.2 Å². The molecule has 0 aromatic rings. The fourth-order valence-electron chi connectivity index (χ4n) is 6.65. The van der Waals surface area contributed by atoms with Gasteiger partial charge in [-0.1, -0.05) is 0 Å². The quantitative estimate of drug-likeness (QED) is 0.569. The molecule has 4 bridgehead atoms. The fourth-order valence-corrected chi connectivity index (χ4v) is 6.65. The van der Waals surface area contributed by atoms with Gasteiger partial charge in [-0.3, -0.25) is 4.79 Å². The highest BCUT2D eigenvalue weighted by molar-refractivity contribution is 5.94. The van der Waals surface area contributed by atoms with Gasteiger partial charge in [0.1, 0.15) is 5.78 Å². The summed E-state index contributed by atoms with van der Waals surface area (Å²) >= 11 is 0. The standard InChI is InChI=1S/C12H12O3/c13-11-7-3-4-6(7)10-8(11)5(3)9(4)12(10)14-1-2-15-12/h3-10H,1-2H2/t3-,4+,5-,6+,7-,8-,9+,10+/m1/s1. The Bertz CT molecular complexity index is 425. The van der Waals surface area contributed by atoms with Crippen LogP contribution in [0.25, 0.3) is 0 Å². The van der Waals surface area contributed by atoms with Crippen molar-refractivity contribution in [2.75, 3.05) is 13.2 Å². The first kappa shape index (κ1) is 7.02. The molecule has 1 heterocycles. The monoisotopic (exact) mass is 204 g/mol. The number of carbonyl (C=O) groups excluding carboxylic acids is 1. The van der Waals surface area contributed by atoms with Gasteiger partial charge in [0.2, 0.25) is 0 Å². The molecule has 0 unspecified atom stereocenters. The Labute approximate surface area is 87.1 Å². The van der Waals surface area contributed by atoms with Crippen LogP contribution in [0.15, 0.2) is 0 Å². The van der Waals surface area contributed by atoms with Crippen molar-refractivity contribution in [1.29, 1.82) is 0 Å². The van der Waals surface area contributed by atoms with Gasteiger partial charge in [0.25, 0.3) is 0 Å². The molecule has 6 saturated carbocycles. The highest BCUT2D eigenvalue weighted by Gasteiger charge is 2.95. The van der Waals surface area contributed by atoms with Crippen LogP contribution in [0.1, 0.15) is 0 Å². The molecule has 0 amide bonds. The molecule has 7 aliphatic rings. The van der Waals surface area contributed by atoms with E-state index in [9.17, 15) is 4.79 Å². The lowest BCUT2D eigenvalue weighted by atomic mass is 9.41. The van der Waals surface area contributed by atoms with E-state index in [2.05, 4.69) is 0 Å². The van der Waals surface area contributed by atoms with Crippen molar-refractivity contribution in [2.24, 2.45) is 47.3 Å². The molecule has 1 aliphatic heterocycles. The van der Waals surface area contributed by atoms with Crippen LogP contribution in [0.2, 0.25) is 0 Å². The lowest BCUT2D eigenvalue weighted by Crippen LogP contribution is -2.61. The van der Waals surface area contributed by atoms with Crippen LogP contribution in [0.5, 0.6) is 0 Å². The van der Waals surface area contributed by atoms with Crippen LogP contribution < -0.4 is 0 Å². The SMILES string of the molecule is O=C1[C@@H]2[C@@H]3[C@H]4[C@@H]2[C@H]2[C@H]1[C@@H]3[C@H]4C21OCCO1. The minimum atomic E-state index is -0.276. The topological polar surface area (TPSA) is 35.5 Å². The average Bonchev–Trinajstić information content (AvgIpc) is 2.87. The molecule has 0 radical (unpaired) electrons. The molecule has 0 N–H and O–H groups in total. The number of carbonyl (C=O) groups is 1. The Kier molecular flexibility index (Phi) is 0.753. The second-order valence-corrected chi connectivity index (χ2v) is 6.23. The third-order valence-electron chi connectivity index (χ3n) is 6.53. The molecule has 8 atom stereocenters. The first-order chi connectivity index (χ1) is 7.36. The second kappa shape index (κ2) is 1.61.